The van der Waals surface area contributed by atoms with Gasteiger partial charge < -0.3 is 4.74 Å². The molecule has 0 amide bonds. The Labute approximate surface area is 95.6 Å². The van der Waals surface area contributed by atoms with Crippen molar-refractivity contribution in [3.63, 3.8) is 0 Å². The first-order valence-electron chi connectivity index (χ1n) is 5.94. The van der Waals surface area contributed by atoms with E-state index in [1.807, 2.05) is 0 Å². The number of benzene rings is 1. The van der Waals surface area contributed by atoms with Gasteiger partial charge >= 0.3 is 5.97 Å². The second-order valence-corrected chi connectivity index (χ2v) is 4.95. The second kappa shape index (κ2) is 3.62. The molecule has 3 rings (SSSR count). The number of methoxy groups -OCH3 is 1. The number of esters is 1. The Hall–Kier alpha value is -1.31. The fourth-order valence-corrected chi connectivity index (χ4v) is 2.88. The highest BCUT2D eigenvalue weighted by molar-refractivity contribution is 5.75. The number of carbonyl (C=O) groups is 1. The van der Waals surface area contributed by atoms with Gasteiger partial charge in [-0.2, -0.15) is 0 Å². The average Bonchev–Trinajstić information content (AvgIpc) is 3.19. The van der Waals surface area contributed by atoms with Gasteiger partial charge in [-0.3, -0.25) is 4.79 Å². The van der Waals surface area contributed by atoms with Gasteiger partial charge in [0.1, 0.15) is 0 Å². The summed E-state index contributed by atoms with van der Waals surface area (Å²) >= 11 is 0. The van der Waals surface area contributed by atoms with Gasteiger partial charge in [0.2, 0.25) is 0 Å². The topological polar surface area (TPSA) is 26.3 Å². The summed E-state index contributed by atoms with van der Waals surface area (Å²) in [4.78, 5) is 11.3. The summed E-state index contributed by atoms with van der Waals surface area (Å²) in [5.74, 6) is 2.21. The second-order valence-electron chi connectivity index (χ2n) is 4.95. The van der Waals surface area contributed by atoms with E-state index in [2.05, 4.69) is 30.3 Å². The molecule has 2 fully saturated rings. The summed E-state index contributed by atoms with van der Waals surface area (Å²) < 4.78 is 4.78. The van der Waals surface area contributed by atoms with E-state index in [0.29, 0.717) is 11.8 Å². The predicted octanol–water partition coefficient (Wildman–Crippen LogP) is 2.60. The van der Waals surface area contributed by atoms with E-state index in [4.69, 9.17) is 4.74 Å². The zero-order valence-corrected chi connectivity index (χ0v) is 9.43. The lowest BCUT2D eigenvalue weighted by Gasteiger charge is -1.99. The molecule has 0 aliphatic heterocycles. The zero-order valence-electron chi connectivity index (χ0n) is 9.43. The number of hydrogen-bond donors (Lipinski definition) is 0. The molecule has 0 radical (unpaired) electrons. The lowest BCUT2D eigenvalue weighted by atomic mass is 10.1. The van der Waals surface area contributed by atoms with Crippen LogP contribution in [0.2, 0.25) is 0 Å². The van der Waals surface area contributed by atoms with Crippen LogP contribution in [0.5, 0.6) is 0 Å². The molecule has 0 spiro atoms. The SMILES string of the molecule is COC(=O)[C@@H]1C[C@H]1[C@@H]1C[C@H]1c1ccccc1. The Balaban J connectivity index is 1.60. The minimum atomic E-state index is -0.0105. The van der Waals surface area contributed by atoms with Gasteiger partial charge in [-0.1, -0.05) is 30.3 Å². The van der Waals surface area contributed by atoms with Crippen LogP contribution in [0.3, 0.4) is 0 Å². The van der Waals surface area contributed by atoms with Gasteiger partial charge in [0.15, 0.2) is 0 Å². The molecule has 0 unspecified atom stereocenters. The van der Waals surface area contributed by atoms with Crippen molar-refractivity contribution in [3.05, 3.63) is 35.9 Å². The Kier molecular flexibility index (Phi) is 2.23. The van der Waals surface area contributed by atoms with E-state index in [1.165, 1.54) is 19.1 Å². The minimum absolute atomic E-state index is 0.0105. The molecule has 4 atom stereocenters. The van der Waals surface area contributed by atoms with Crippen LogP contribution in [0.1, 0.15) is 24.3 Å². The highest BCUT2D eigenvalue weighted by atomic mass is 16.5. The molecule has 0 bridgehead atoms. The normalized spacial score (nSPS) is 35.6. The van der Waals surface area contributed by atoms with Crippen LogP contribution in [0.4, 0.5) is 0 Å². The molecule has 2 aliphatic carbocycles. The molecule has 0 saturated heterocycles. The van der Waals surface area contributed by atoms with Crippen molar-refractivity contribution >= 4 is 5.97 Å². The molecular weight excluding hydrogens is 200 g/mol. The third-order valence-corrected chi connectivity index (χ3v) is 3.96. The van der Waals surface area contributed by atoms with Crippen LogP contribution >= 0.6 is 0 Å². The fourth-order valence-electron chi connectivity index (χ4n) is 2.88. The maximum Gasteiger partial charge on any atom is 0.308 e. The smallest absolute Gasteiger partial charge is 0.308 e. The lowest BCUT2D eigenvalue weighted by molar-refractivity contribution is -0.142. The van der Waals surface area contributed by atoms with Crippen molar-refractivity contribution < 1.29 is 9.53 Å². The third-order valence-electron chi connectivity index (χ3n) is 3.96. The summed E-state index contributed by atoms with van der Waals surface area (Å²) in [6.07, 6.45) is 2.29. The molecule has 2 aliphatic rings. The summed E-state index contributed by atoms with van der Waals surface area (Å²) in [5, 5.41) is 0. The zero-order chi connectivity index (χ0) is 11.1. The minimum Gasteiger partial charge on any atom is -0.469 e. The molecule has 2 saturated carbocycles. The Morgan fingerprint density at radius 3 is 2.62 bits per heavy atom. The van der Waals surface area contributed by atoms with E-state index in [-0.39, 0.29) is 11.9 Å². The van der Waals surface area contributed by atoms with E-state index in [0.717, 1.165) is 12.3 Å². The van der Waals surface area contributed by atoms with Crippen molar-refractivity contribution in [2.75, 3.05) is 7.11 Å². The maximum absolute atomic E-state index is 11.3. The molecule has 1 aromatic carbocycles. The molecule has 2 nitrogen and oxygen atoms in total. The van der Waals surface area contributed by atoms with Crippen molar-refractivity contribution in [1.29, 1.82) is 0 Å². The van der Waals surface area contributed by atoms with Crippen LogP contribution in [0.15, 0.2) is 30.3 Å². The highest BCUT2D eigenvalue weighted by Gasteiger charge is 2.56. The predicted molar refractivity (Wildman–Crippen MR) is 60.9 cm³/mol. The summed E-state index contributed by atoms with van der Waals surface area (Å²) in [6.45, 7) is 0. The van der Waals surface area contributed by atoms with E-state index < -0.39 is 0 Å². The van der Waals surface area contributed by atoms with Crippen molar-refractivity contribution in [2.24, 2.45) is 17.8 Å². The first-order valence-corrected chi connectivity index (χ1v) is 5.94. The van der Waals surface area contributed by atoms with Crippen LogP contribution in [0, 0.1) is 17.8 Å². The number of carbonyl (C=O) groups excluding carboxylic acids is 1. The van der Waals surface area contributed by atoms with Gasteiger partial charge in [0, 0.05) is 0 Å². The molecule has 0 N–H and O–H groups in total. The van der Waals surface area contributed by atoms with Gasteiger partial charge in [-0.15, -0.1) is 0 Å². The van der Waals surface area contributed by atoms with E-state index >= 15 is 0 Å². The van der Waals surface area contributed by atoms with Gasteiger partial charge in [0.05, 0.1) is 13.0 Å². The summed E-state index contributed by atoms with van der Waals surface area (Å²) in [5.41, 5.74) is 1.43. The highest BCUT2D eigenvalue weighted by Crippen LogP contribution is 2.62. The molecular formula is C14H16O2. The summed E-state index contributed by atoms with van der Waals surface area (Å²) in [6, 6.07) is 10.6. The monoisotopic (exact) mass is 216 g/mol. The Morgan fingerprint density at radius 2 is 1.94 bits per heavy atom. The first-order chi connectivity index (χ1) is 7.81. The van der Waals surface area contributed by atoms with E-state index in [9.17, 15) is 4.79 Å². The van der Waals surface area contributed by atoms with Crippen molar-refractivity contribution in [2.45, 2.75) is 18.8 Å². The molecule has 1 aromatic rings. The Bertz CT molecular complexity index is 398. The molecule has 2 heteroatoms. The first kappa shape index (κ1) is 9.88. The van der Waals surface area contributed by atoms with Gasteiger partial charge in [-0.25, -0.2) is 0 Å². The maximum atomic E-state index is 11.3. The van der Waals surface area contributed by atoms with E-state index in [1.54, 1.807) is 0 Å². The fraction of sp³-hybridized carbons (Fsp3) is 0.500. The summed E-state index contributed by atoms with van der Waals surface area (Å²) in [7, 11) is 1.49. The molecule has 16 heavy (non-hydrogen) atoms. The largest absolute Gasteiger partial charge is 0.469 e. The van der Waals surface area contributed by atoms with Crippen molar-refractivity contribution in [1.82, 2.24) is 0 Å². The number of ether oxygens (including phenoxy) is 1. The van der Waals surface area contributed by atoms with Crippen LogP contribution in [0.25, 0.3) is 0 Å². The third kappa shape index (κ3) is 1.62. The quantitative estimate of drug-likeness (QED) is 0.726. The number of rotatable bonds is 3. The van der Waals surface area contributed by atoms with Crippen molar-refractivity contribution in [3.8, 4) is 0 Å². The number of hydrogen-bond acceptors (Lipinski definition) is 2. The van der Waals surface area contributed by atoms with Crippen LogP contribution in [-0.4, -0.2) is 13.1 Å². The van der Waals surface area contributed by atoms with Crippen LogP contribution in [-0.2, 0) is 9.53 Å². The van der Waals surface area contributed by atoms with Gasteiger partial charge in [-0.05, 0) is 36.2 Å². The molecule has 0 heterocycles. The standard InChI is InChI=1S/C14H16O2/c1-16-14(15)13-8-12(13)11-7-10(11)9-5-3-2-4-6-9/h2-6,10-13H,7-8H2,1H3/t10-,11+,12-,13+/m0/s1. The average molecular weight is 216 g/mol. The Morgan fingerprint density at radius 1 is 1.19 bits per heavy atom. The van der Waals surface area contributed by atoms with Gasteiger partial charge in [0.25, 0.3) is 0 Å². The molecule has 84 valence electrons. The molecule has 0 aromatic heterocycles. The van der Waals surface area contributed by atoms with Crippen LogP contribution < -0.4 is 0 Å². The lowest BCUT2D eigenvalue weighted by Crippen LogP contribution is -2.05.